The van der Waals surface area contributed by atoms with E-state index in [4.69, 9.17) is 20.6 Å². The molecule has 0 aliphatic heterocycles. The summed E-state index contributed by atoms with van der Waals surface area (Å²) in [6.07, 6.45) is 12.7. The maximum absolute atomic E-state index is 10.6. The second kappa shape index (κ2) is 10.7. The van der Waals surface area contributed by atoms with Crippen LogP contribution in [0.4, 0.5) is 11.6 Å². The summed E-state index contributed by atoms with van der Waals surface area (Å²) in [7, 11) is 0. The number of nitrogens with one attached hydrogen (secondary N) is 1. The summed E-state index contributed by atoms with van der Waals surface area (Å²) in [5.74, 6) is 0.457. The molecule has 33 heavy (non-hydrogen) atoms. The largest absolute Gasteiger partial charge is 0.494 e. The minimum atomic E-state index is -0.811. The van der Waals surface area contributed by atoms with Crippen molar-refractivity contribution in [2.45, 2.75) is 38.1 Å². The van der Waals surface area contributed by atoms with Crippen LogP contribution in [0.1, 0.15) is 37.3 Å². The number of hydrogen-bond donors (Lipinski definition) is 3. The number of rotatable bonds is 11. The number of nitrogens with zero attached hydrogens (tertiary/aromatic N) is 4. The molecule has 1 aliphatic carbocycles. The second-order valence-electron chi connectivity index (χ2n) is 7.88. The normalized spacial score (nSPS) is 15.4. The van der Waals surface area contributed by atoms with Crippen LogP contribution in [-0.4, -0.2) is 43.7 Å². The number of fused-ring (bicyclic) bond motifs is 1. The summed E-state index contributed by atoms with van der Waals surface area (Å²) in [5.41, 5.74) is 9.23. The molecule has 1 atom stereocenters. The number of imidazole rings is 1. The third-order valence-corrected chi connectivity index (χ3v) is 5.40. The van der Waals surface area contributed by atoms with Crippen molar-refractivity contribution in [3.63, 3.8) is 0 Å². The van der Waals surface area contributed by atoms with E-state index in [-0.39, 0.29) is 12.5 Å². The first-order chi connectivity index (χ1) is 16.1. The van der Waals surface area contributed by atoms with Gasteiger partial charge in [0.05, 0.1) is 25.2 Å². The first kappa shape index (κ1) is 22.5. The zero-order valence-corrected chi connectivity index (χ0v) is 18.4. The molecule has 9 nitrogen and oxygen atoms in total. The summed E-state index contributed by atoms with van der Waals surface area (Å²) in [4.78, 5) is 24.1. The highest BCUT2D eigenvalue weighted by molar-refractivity contribution is 5.72. The molecule has 0 bridgehead atoms. The number of hydrogen-bond acceptors (Lipinski definition) is 7. The highest BCUT2D eigenvalue weighted by atomic mass is 16.5. The molecule has 3 aromatic rings. The molecule has 1 unspecified atom stereocenters. The molecule has 0 fully saturated rings. The molecular formula is C24H28N6O3. The lowest BCUT2D eigenvalue weighted by Crippen LogP contribution is -2.10. The predicted octanol–water partition coefficient (Wildman–Crippen LogP) is 3.73. The Morgan fingerprint density at radius 1 is 1.24 bits per heavy atom. The Morgan fingerprint density at radius 3 is 2.82 bits per heavy atom. The minimum Gasteiger partial charge on any atom is -0.494 e. The Bertz CT molecular complexity index is 1150. The lowest BCUT2D eigenvalue weighted by Gasteiger charge is -2.18. The number of allylic oxidation sites excluding steroid dienone is 3. The van der Waals surface area contributed by atoms with Gasteiger partial charge in [-0.05, 0) is 62.1 Å². The number of carboxylic acids is 1. The molecule has 2 heterocycles. The van der Waals surface area contributed by atoms with Crippen LogP contribution in [0.5, 0.6) is 0 Å². The third-order valence-electron chi connectivity index (χ3n) is 5.40. The number of aryl methyl sites for hydroxylation is 1. The maximum atomic E-state index is 10.6. The van der Waals surface area contributed by atoms with Gasteiger partial charge in [0, 0.05) is 12.1 Å². The van der Waals surface area contributed by atoms with Crippen molar-refractivity contribution >= 4 is 28.8 Å². The first-order valence-corrected chi connectivity index (χ1v) is 11.1. The van der Waals surface area contributed by atoms with E-state index >= 15 is 0 Å². The van der Waals surface area contributed by atoms with Crippen molar-refractivity contribution < 1.29 is 14.6 Å². The summed E-state index contributed by atoms with van der Waals surface area (Å²) in [6.45, 7) is 1.08. The van der Waals surface area contributed by atoms with Crippen molar-refractivity contribution in [3.05, 3.63) is 66.3 Å². The molecule has 0 spiro atoms. The zero-order valence-electron chi connectivity index (χ0n) is 18.4. The number of aliphatic carboxylic acids is 1. The maximum Gasteiger partial charge on any atom is 0.303 e. The van der Waals surface area contributed by atoms with Gasteiger partial charge in [0.15, 0.2) is 5.65 Å². The molecule has 0 saturated carbocycles. The Labute approximate surface area is 192 Å². The Hall–Kier alpha value is -3.72. The van der Waals surface area contributed by atoms with Crippen LogP contribution in [-0.2, 0) is 16.0 Å². The van der Waals surface area contributed by atoms with Crippen LogP contribution >= 0.6 is 0 Å². The smallest absolute Gasteiger partial charge is 0.303 e. The second-order valence-corrected chi connectivity index (χ2v) is 7.88. The summed E-state index contributed by atoms with van der Waals surface area (Å²) < 4.78 is 7.67. The average molecular weight is 449 g/mol. The number of aromatic nitrogens is 4. The Balaban J connectivity index is 1.40. The molecule has 0 saturated heterocycles. The summed E-state index contributed by atoms with van der Waals surface area (Å²) in [6, 6.07) is 8.26. The lowest BCUT2D eigenvalue weighted by atomic mass is 10.1. The zero-order chi connectivity index (χ0) is 23.0. The van der Waals surface area contributed by atoms with Gasteiger partial charge in [-0.2, -0.15) is 4.98 Å². The fraction of sp³-hybridized carbons (Fsp3) is 0.333. The number of ether oxygens (including phenoxy) is 1. The van der Waals surface area contributed by atoms with E-state index in [1.165, 1.54) is 5.56 Å². The molecule has 4 N–H and O–H groups in total. The predicted molar refractivity (Wildman–Crippen MR) is 126 cm³/mol. The van der Waals surface area contributed by atoms with Gasteiger partial charge in [0.2, 0.25) is 5.95 Å². The van der Waals surface area contributed by atoms with Gasteiger partial charge in [-0.15, -0.1) is 0 Å². The monoisotopic (exact) mass is 448 g/mol. The number of carbonyl (C=O) groups is 1. The van der Waals surface area contributed by atoms with Crippen LogP contribution in [0.3, 0.4) is 0 Å². The molecule has 4 rings (SSSR count). The Morgan fingerprint density at radius 2 is 2.09 bits per heavy atom. The molecule has 9 heteroatoms. The highest BCUT2D eigenvalue weighted by Crippen LogP contribution is 2.26. The van der Waals surface area contributed by atoms with Crippen molar-refractivity contribution in [1.29, 1.82) is 0 Å². The van der Waals surface area contributed by atoms with Crippen LogP contribution in [0, 0.1) is 0 Å². The summed E-state index contributed by atoms with van der Waals surface area (Å²) >= 11 is 0. The highest BCUT2D eigenvalue weighted by Gasteiger charge is 2.16. The molecule has 172 valence electrons. The van der Waals surface area contributed by atoms with E-state index in [0.29, 0.717) is 25.5 Å². The number of benzene rings is 1. The standard InChI is InChI=1S/C24H28N6O3/c25-13-1-3-17-5-7-18(8-6-17)28-24-26-15-21-23(29-24)30(16-27-21)19-9-11-20(12-10-19)33-14-2-4-22(31)32/h5-9,11-12,15-16,19H,1-4,10,13-14,25H2,(H,31,32)(H,26,28,29). The topological polar surface area (TPSA) is 128 Å². The van der Waals surface area contributed by atoms with E-state index in [1.54, 1.807) is 12.5 Å². The van der Waals surface area contributed by atoms with E-state index in [1.807, 2.05) is 34.9 Å². The van der Waals surface area contributed by atoms with Gasteiger partial charge in [0.25, 0.3) is 0 Å². The number of carboxylic acid groups (broad SMARTS) is 1. The van der Waals surface area contributed by atoms with Gasteiger partial charge in [-0.25, -0.2) is 9.97 Å². The van der Waals surface area contributed by atoms with E-state index in [2.05, 4.69) is 27.4 Å². The molecule has 1 aromatic carbocycles. The lowest BCUT2D eigenvalue weighted by molar-refractivity contribution is -0.137. The van der Waals surface area contributed by atoms with Crippen molar-refractivity contribution in [1.82, 2.24) is 19.5 Å². The minimum absolute atomic E-state index is 0.0611. The number of nitrogens with two attached hydrogens (primary N) is 1. The van der Waals surface area contributed by atoms with Gasteiger partial charge >= 0.3 is 5.97 Å². The van der Waals surface area contributed by atoms with Crippen LogP contribution in [0.2, 0.25) is 0 Å². The third kappa shape index (κ3) is 5.95. The first-order valence-electron chi connectivity index (χ1n) is 11.1. The molecular weight excluding hydrogens is 420 g/mol. The van der Waals surface area contributed by atoms with E-state index < -0.39 is 5.97 Å². The van der Waals surface area contributed by atoms with Crippen LogP contribution in [0.15, 0.2) is 60.8 Å². The van der Waals surface area contributed by atoms with E-state index in [0.717, 1.165) is 41.9 Å². The van der Waals surface area contributed by atoms with Crippen molar-refractivity contribution in [2.75, 3.05) is 18.5 Å². The van der Waals surface area contributed by atoms with Crippen molar-refractivity contribution in [2.24, 2.45) is 5.73 Å². The van der Waals surface area contributed by atoms with Gasteiger partial charge in [-0.3, -0.25) is 4.79 Å². The Kier molecular flexibility index (Phi) is 7.31. The fourth-order valence-electron chi connectivity index (χ4n) is 3.64. The van der Waals surface area contributed by atoms with Crippen LogP contribution in [0.25, 0.3) is 11.2 Å². The molecule has 2 aromatic heterocycles. The van der Waals surface area contributed by atoms with Gasteiger partial charge in [0.1, 0.15) is 11.3 Å². The van der Waals surface area contributed by atoms with Crippen molar-refractivity contribution in [3.8, 4) is 0 Å². The fourth-order valence-corrected chi connectivity index (χ4v) is 3.64. The number of anilines is 2. The van der Waals surface area contributed by atoms with Gasteiger partial charge < -0.3 is 25.5 Å². The molecule has 0 radical (unpaired) electrons. The molecule has 1 aliphatic rings. The van der Waals surface area contributed by atoms with E-state index in [9.17, 15) is 4.79 Å². The average Bonchev–Trinajstić information content (AvgIpc) is 3.25. The summed E-state index contributed by atoms with van der Waals surface area (Å²) in [5, 5.41) is 12.0. The van der Waals surface area contributed by atoms with Gasteiger partial charge in [-0.1, -0.05) is 18.2 Å². The molecule has 0 amide bonds. The quantitative estimate of drug-likeness (QED) is 0.379. The SMILES string of the molecule is NCCCc1ccc(Nc2ncc3ncn(C4C=CC(OCCCC(=O)O)=CC4)c3n2)cc1. The van der Waals surface area contributed by atoms with Crippen LogP contribution < -0.4 is 11.1 Å².